The maximum absolute atomic E-state index is 13.1. The Morgan fingerprint density at radius 1 is 1.40 bits per heavy atom. The SMILES string of the molecule is CC1(N2Cc3ccc(F)cc3C2=N)CC1. The first-order valence-corrected chi connectivity index (χ1v) is 5.25. The Morgan fingerprint density at radius 3 is 2.80 bits per heavy atom. The minimum Gasteiger partial charge on any atom is -0.347 e. The van der Waals surface area contributed by atoms with E-state index in [1.54, 1.807) is 6.07 Å². The highest BCUT2D eigenvalue weighted by atomic mass is 19.1. The van der Waals surface area contributed by atoms with Crippen molar-refractivity contribution in [2.45, 2.75) is 31.8 Å². The van der Waals surface area contributed by atoms with Gasteiger partial charge in [-0.05, 0) is 37.5 Å². The smallest absolute Gasteiger partial charge is 0.129 e. The van der Waals surface area contributed by atoms with Crippen molar-refractivity contribution < 1.29 is 4.39 Å². The Kier molecular flexibility index (Phi) is 1.54. The van der Waals surface area contributed by atoms with Crippen molar-refractivity contribution in [1.82, 2.24) is 4.90 Å². The monoisotopic (exact) mass is 204 g/mol. The van der Waals surface area contributed by atoms with Crippen LogP contribution in [-0.4, -0.2) is 16.3 Å². The summed E-state index contributed by atoms with van der Waals surface area (Å²) < 4.78 is 13.1. The van der Waals surface area contributed by atoms with Gasteiger partial charge in [0, 0.05) is 17.6 Å². The van der Waals surface area contributed by atoms with Crippen LogP contribution in [-0.2, 0) is 6.54 Å². The first-order valence-electron chi connectivity index (χ1n) is 5.25. The molecule has 0 atom stereocenters. The van der Waals surface area contributed by atoms with Crippen LogP contribution in [0.1, 0.15) is 30.9 Å². The van der Waals surface area contributed by atoms with Crippen LogP contribution in [0.3, 0.4) is 0 Å². The molecule has 0 unspecified atom stereocenters. The molecule has 2 aliphatic rings. The van der Waals surface area contributed by atoms with E-state index in [2.05, 4.69) is 11.8 Å². The number of benzene rings is 1. The number of amidine groups is 1. The second-order valence-corrected chi connectivity index (χ2v) is 4.73. The van der Waals surface area contributed by atoms with E-state index in [9.17, 15) is 4.39 Å². The highest BCUT2D eigenvalue weighted by Crippen LogP contribution is 2.45. The fourth-order valence-corrected chi connectivity index (χ4v) is 2.21. The van der Waals surface area contributed by atoms with Crippen molar-refractivity contribution in [2.75, 3.05) is 0 Å². The van der Waals surface area contributed by atoms with Crippen LogP contribution in [0.15, 0.2) is 18.2 Å². The van der Waals surface area contributed by atoms with Gasteiger partial charge in [-0.25, -0.2) is 4.39 Å². The average molecular weight is 204 g/mol. The van der Waals surface area contributed by atoms with E-state index in [-0.39, 0.29) is 11.4 Å². The molecule has 1 aromatic carbocycles. The lowest BCUT2D eigenvalue weighted by Gasteiger charge is -2.25. The summed E-state index contributed by atoms with van der Waals surface area (Å²) in [6.45, 7) is 2.94. The molecule has 0 spiro atoms. The molecule has 0 bridgehead atoms. The van der Waals surface area contributed by atoms with Gasteiger partial charge >= 0.3 is 0 Å². The van der Waals surface area contributed by atoms with Crippen LogP contribution < -0.4 is 0 Å². The summed E-state index contributed by atoms with van der Waals surface area (Å²) >= 11 is 0. The number of nitrogens with one attached hydrogen (secondary N) is 1. The minimum atomic E-state index is -0.249. The molecule has 1 aliphatic heterocycles. The molecular formula is C12H13FN2. The van der Waals surface area contributed by atoms with Gasteiger partial charge < -0.3 is 4.90 Å². The Balaban J connectivity index is 2.02. The van der Waals surface area contributed by atoms with Crippen molar-refractivity contribution in [3.8, 4) is 0 Å². The lowest BCUT2D eigenvalue weighted by Crippen LogP contribution is -2.34. The van der Waals surface area contributed by atoms with E-state index < -0.39 is 0 Å². The number of hydrogen-bond donors (Lipinski definition) is 1. The number of hydrogen-bond acceptors (Lipinski definition) is 1. The predicted octanol–water partition coefficient (Wildman–Crippen LogP) is 2.52. The summed E-state index contributed by atoms with van der Waals surface area (Å²) in [7, 11) is 0. The zero-order valence-corrected chi connectivity index (χ0v) is 8.68. The van der Waals surface area contributed by atoms with E-state index in [4.69, 9.17) is 5.41 Å². The van der Waals surface area contributed by atoms with Gasteiger partial charge in [0.15, 0.2) is 0 Å². The molecule has 1 heterocycles. The molecule has 0 saturated heterocycles. The third kappa shape index (κ3) is 1.19. The molecular weight excluding hydrogens is 191 g/mol. The van der Waals surface area contributed by atoms with Crippen LogP contribution in [0.5, 0.6) is 0 Å². The van der Waals surface area contributed by atoms with Crippen molar-refractivity contribution in [3.63, 3.8) is 0 Å². The third-order valence-electron chi connectivity index (χ3n) is 3.55. The summed E-state index contributed by atoms with van der Waals surface area (Å²) in [5.74, 6) is 0.241. The first kappa shape index (κ1) is 8.89. The van der Waals surface area contributed by atoms with Crippen LogP contribution in [0.25, 0.3) is 0 Å². The highest BCUT2D eigenvalue weighted by molar-refractivity contribution is 6.00. The Bertz CT molecular complexity index is 449. The lowest BCUT2D eigenvalue weighted by atomic mass is 10.1. The Hall–Kier alpha value is -1.38. The molecule has 1 aromatic rings. The summed E-state index contributed by atoms with van der Waals surface area (Å²) in [5.41, 5.74) is 2.00. The number of halogens is 1. The van der Waals surface area contributed by atoms with E-state index >= 15 is 0 Å². The van der Waals surface area contributed by atoms with Crippen LogP contribution in [0, 0.1) is 11.2 Å². The molecule has 0 amide bonds. The summed E-state index contributed by atoms with van der Waals surface area (Å²) in [6, 6.07) is 4.75. The highest BCUT2D eigenvalue weighted by Gasteiger charge is 2.47. The van der Waals surface area contributed by atoms with Gasteiger partial charge in [-0.3, -0.25) is 5.41 Å². The maximum atomic E-state index is 13.1. The zero-order chi connectivity index (χ0) is 10.6. The zero-order valence-electron chi connectivity index (χ0n) is 8.68. The minimum absolute atomic E-state index is 0.159. The normalized spacial score (nSPS) is 21.7. The van der Waals surface area contributed by atoms with E-state index in [0.717, 1.165) is 30.5 Å². The van der Waals surface area contributed by atoms with Gasteiger partial charge in [0.1, 0.15) is 11.7 Å². The van der Waals surface area contributed by atoms with Gasteiger partial charge in [0.2, 0.25) is 0 Å². The van der Waals surface area contributed by atoms with Crippen molar-refractivity contribution in [3.05, 3.63) is 35.1 Å². The number of fused-ring (bicyclic) bond motifs is 1. The predicted molar refractivity (Wildman–Crippen MR) is 56.4 cm³/mol. The van der Waals surface area contributed by atoms with Gasteiger partial charge in [-0.15, -0.1) is 0 Å². The number of nitrogens with zero attached hydrogens (tertiary/aromatic N) is 1. The largest absolute Gasteiger partial charge is 0.347 e. The number of rotatable bonds is 1. The van der Waals surface area contributed by atoms with E-state index in [0.29, 0.717) is 5.84 Å². The van der Waals surface area contributed by atoms with Crippen LogP contribution in [0.4, 0.5) is 4.39 Å². The van der Waals surface area contributed by atoms with Crippen LogP contribution in [0.2, 0.25) is 0 Å². The van der Waals surface area contributed by atoms with E-state index in [1.165, 1.54) is 12.1 Å². The molecule has 3 rings (SSSR count). The van der Waals surface area contributed by atoms with Gasteiger partial charge in [-0.2, -0.15) is 0 Å². The fraction of sp³-hybridized carbons (Fsp3) is 0.417. The van der Waals surface area contributed by atoms with E-state index in [1.807, 2.05) is 0 Å². The Labute approximate surface area is 88.2 Å². The molecule has 1 N–H and O–H groups in total. The summed E-state index contributed by atoms with van der Waals surface area (Å²) in [6.07, 6.45) is 2.29. The molecule has 0 radical (unpaired) electrons. The first-order chi connectivity index (χ1) is 7.10. The molecule has 1 saturated carbocycles. The summed E-state index contributed by atoms with van der Waals surface area (Å²) in [5, 5.41) is 8.04. The molecule has 2 nitrogen and oxygen atoms in total. The quantitative estimate of drug-likeness (QED) is 0.747. The average Bonchev–Trinajstić information content (AvgIpc) is 2.86. The van der Waals surface area contributed by atoms with Crippen molar-refractivity contribution in [2.24, 2.45) is 0 Å². The summed E-state index contributed by atoms with van der Waals surface area (Å²) in [4.78, 5) is 2.09. The second kappa shape index (κ2) is 2.60. The Morgan fingerprint density at radius 2 is 2.13 bits per heavy atom. The van der Waals surface area contributed by atoms with Crippen LogP contribution >= 0.6 is 0 Å². The lowest BCUT2D eigenvalue weighted by molar-refractivity contribution is 0.314. The third-order valence-corrected chi connectivity index (χ3v) is 3.55. The second-order valence-electron chi connectivity index (χ2n) is 4.73. The molecule has 15 heavy (non-hydrogen) atoms. The van der Waals surface area contributed by atoms with Crippen molar-refractivity contribution >= 4 is 5.84 Å². The topological polar surface area (TPSA) is 27.1 Å². The molecule has 0 aromatic heterocycles. The molecule has 78 valence electrons. The fourth-order valence-electron chi connectivity index (χ4n) is 2.21. The molecule has 1 aliphatic carbocycles. The van der Waals surface area contributed by atoms with Gasteiger partial charge in [0.05, 0.1) is 0 Å². The van der Waals surface area contributed by atoms with Crippen molar-refractivity contribution in [1.29, 1.82) is 5.41 Å². The maximum Gasteiger partial charge on any atom is 0.129 e. The standard InChI is InChI=1S/C12H13FN2/c1-12(4-5-12)15-7-8-2-3-9(13)6-10(8)11(15)14/h2-3,6,14H,4-5,7H2,1H3. The van der Waals surface area contributed by atoms with Gasteiger partial charge in [0.25, 0.3) is 0 Å². The molecule has 1 fully saturated rings. The molecule has 3 heteroatoms. The van der Waals surface area contributed by atoms with Gasteiger partial charge in [-0.1, -0.05) is 6.07 Å².